The van der Waals surface area contributed by atoms with Gasteiger partial charge in [0, 0.05) is 30.7 Å². The normalized spacial score (nSPS) is 10.5. The molecule has 2 aromatic heterocycles. The number of carbonyl (C=O) groups is 1. The standard InChI is InChI=1S/C19H19N3O2S/c1-13-7-8-17(24-3)14(10-13)11-22(2)19(23)16-12-25-18(21-16)15-6-4-5-9-20-15/h4-10,12H,11H2,1-3H3. The second-order valence-corrected chi connectivity index (χ2v) is 6.59. The zero-order valence-corrected chi connectivity index (χ0v) is 15.2. The van der Waals surface area contributed by atoms with Crippen molar-refractivity contribution in [2.24, 2.45) is 0 Å². The minimum atomic E-state index is -0.123. The molecule has 25 heavy (non-hydrogen) atoms. The summed E-state index contributed by atoms with van der Waals surface area (Å²) in [6.45, 7) is 2.48. The molecule has 0 unspecified atom stereocenters. The molecule has 2 heterocycles. The highest BCUT2D eigenvalue weighted by Gasteiger charge is 2.18. The summed E-state index contributed by atoms with van der Waals surface area (Å²) in [4.78, 5) is 23.0. The Balaban J connectivity index is 1.77. The average molecular weight is 353 g/mol. The fourth-order valence-corrected chi connectivity index (χ4v) is 3.30. The van der Waals surface area contributed by atoms with Gasteiger partial charge in [-0.25, -0.2) is 4.98 Å². The first-order valence-electron chi connectivity index (χ1n) is 7.84. The molecule has 0 atom stereocenters. The van der Waals surface area contributed by atoms with Crippen LogP contribution in [0, 0.1) is 6.92 Å². The Labute approximate surface area is 150 Å². The maximum absolute atomic E-state index is 12.7. The van der Waals surface area contributed by atoms with Crippen molar-refractivity contribution in [2.75, 3.05) is 14.2 Å². The van der Waals surface area contributed by atoms with E-state index in [0.717, 1.165) is 27.6 Å². The third-order valence-electron chi connectivity index (χ3n) is 3.80. The average Bonchev–Trinajstić information content (AvgIpc) is 3.12. The lowest BCUT2D eigenvalue weighted by atomic mass is 10.1. The molecule has 0 radical (unpaired) electrons. The minimum absolute atomic E-state index is 0.123. The number of amides is 1. The number of nitrogens with zero attached hydrogens (tertiary/aromatic N) is 3. The fourth-order valence-electron chi connectivity index (χ4n) is 2.53. The second kappa shape index (κ2) is 7.44. The van der Waals surface area contributed by atoms with Crippen LogP contribution in [-0.2, 0) is 6.54 Å². The Morgan fingerprint density at radius 1 is 1.28 bits per heavy atom. The summed E-state index contributed by atoms with van der Waals surface area (Å²) in [5.74, 6) is 0.652. The summed E-state index contributed by atoms with van der Waals surface area (Å²) < 4.78 is 5.39. The molecule has 0 saturated heterocycles. The second-order valence-electron chi connectivity index (χ2n) is 5.73. The minimum Gasteiger partial charge on any atom is -0.496 e. The Morgan fingerprint density at radius 2 is 2.12 bits per heavy atom. The topological polar surface area (TPSA) is 55.3 Å². The van der Waals surface area contributed by atoms with E-state index in [2.05, 4.69) is 9.97 Å². The van der Waals surface area contributed by atoms with Crippen LogP contribution in [0.2, 0.25) is 0 Å². The molecule has 0 saturated carbocycles. The van der Waals surface area contributed by atoms with Gasteiger partial charge in [-0.2, -0.15) is 0 Å². The van der Waals surface area contributed by atoms with Crippen molar-refractivity contribution in [2.45, 2.75) is 13.5 Å². The van der Waals surface area contributed by atoms with E-state index < -0.39 is 0 Å². The summed E-state index contributed by atoms with van der Waals surface area (Å²) in [5, 5.41) is 2.52. The summed E-state index contributed by atoms with van der Waals surface area (Å²) in [6.07, 6.45) is 1.72. The first-order chi connectivity index (χ1) is 12.1. The smallest absolute Gasteiger partial charge is 0.273 e. The van der Waals surface area contributed by atoms with Gasteiger partial charge in [0.25, 0.3) is 5.91 Å². The first-order valence-corrected chi connectivity index (χ1v) is 8.72. The number of rotatable bonds is 5. The lowest BCUT2D eigenvalue weighted by Crippen LogP contribution is -2.26. The van der Waals surface area contributed by atoms with Crippen molar-refractivity contribution in [3.05, 3.63) is 64.8 Å². The highest BCUT2D eigenvalue weighted by Crippen LogP contribution is 2.24. The zero-order chi connectivity index (χ0) is 17.8. The van der Waals surface area contributed by atoms with Gasteiger partial charge in [-0.15, -0.1) is 11.3 Å². The van der Waals surface area contributed by atoms with E-state index in [-0.39, 0.29) is 5.91 Å². The Bertz CT molecular complexity index is 877. The van der Waals surface area contributed by atoms with Crippen molar-refractivity contribution >= 4 is 17.2 Å². The van der Waals surface area contributed by atoms with E-state index in [9.17, 15) is 4.79 Å². The molecule has 0 aliphatic heterocycles. The highest BCUT2D eigenvalue weighted by atomic mass is 32.1. The molecule has 5 nitrogen and oxygen atoms in total. The number of benzene rings is 1. The Kier molecular flexibility index (Phi) is 5.09. The van der Waals surface area contributed by atoms with Crippen LogP contribution in [0.3, 0.4) is 0 Å². The number of thiazole rings is 1. The number of pyridine rings is 1. The van der Waals surface area contributed by atoms with Gasteiger partial charge in [0.15, 0.2) is 0 Å². The predicted molar refractivity (Wildman–Crippen MR) is 98.9 cm³/mol. The van der Waals surface area contributed by atoms with Crippen LogP contribution in [0.1, 0.15) is 21.6 Å². The lowest BCUT2D eigenvalue weighted by molar-refractivity contribution is 0.0779. The molecule has 3 rings (SSSR count). The van der Waals surface area contributed by atoms with Crippen molar-refractivity contribution in [1.29, 1.82) is 0 Å². The molecule has 0 fully saturated rings. The van der Waals surface area contributed by atoms with Gasteiger partial charge in [0.2, 0.25) is 0 Å². The number of ether oxygens (including phenoxy) is 1. The van der Waals surface area contributed by atoms with Crippen LogP contribution in [0.4, 0.5) is 0 Å². The third-order valence-corrected chi connectivity index (χ3v) is 4.66. The molecule has 0 bridgehead atoms. The Morgan fingerprint density at radius 3 is 2.84 bits per heavy atom. The molecular formula is C19H19N3O2S. The van der Waals surface area contributed by atoms with Crippen LogP contribution >= 0.6 is 11.3 Å². The molecule has 128 valence electrons. The first kappa shape index (κ1) is 17.1. The molecule has 0 N–H and O–H groups in total. The summed E-state index contributed by atoms with van der Waals surface area (Å²) in [5.41, 5.74) is 3.30. The van der Waals surface area contributed by atoms with Crippen LogP contribution in [0.15, 0.2) is 48.0 Å². The van der Waals surface area contributed by atoms with E-state index in [0.29, 0.717) is 12.2 Å². The zero-order valence-electron chi connectivity index (χ0n) is 14.4. The molecular weight excluding hydrogens is 334 g/mol. The van der Waals surface area contributed by atoms with E-state index >= 15 is 0 Å². The van der Waals surface area contributed by atoms with Gasteiger partial charge in [-0.1, -0.05) is 23.8 Å². The fraction of sp³-hybridized carbons (Fsp3) is 0.211. The number of hydrogen-bond donors (Lipinski definition) is 0. The van der Waals surface area contributed by atoms with Crippen molar-refractivity contribution in [1.82, 2.24) is 14.9 Å². The van der Waals surface area contributed by atoms with Gasteiger partial charge >= 0.3 is 0 Å². The van der Waals surface area contributed by atoms with Crippen LogP contribution < -0.4 is 4.74 Å². The van der Waals surface area contributed by atoms with Gasteiger partial charge in [0.1, 0.15) is 16.5 Å². The number of methoxy groups -OCH3 is 1. The van der Waals surface area contributed by atoms with Gasteiger partial charge in [-0.3, -0.25) is 9.78 Å². The predicted octanol–water partition coefficient (Wildman–Crippen LogP) is 3.79. The Hall–Kier alpha value is -2.73. The molecule has 0 spiro atoms. The van der Waals surface area contributed by atoms with Gasteiger partial charge in [-0.05, 0) is 25.1 Å². The number of hydrogen-bond acceptors (Lipinski definition) is 5. The molecule has 1 amide bonds. The quantitative estimate of drug-likeness (QED) is 0.700. The molecule has 3 aromatic rings. The van der Waals surface area contributed by atoms with Crippen LogP contribution in [0.5, 0.6) is 5.75 Å². The molecule has 0 aliphatic rings. The van der Waals surface area contributed by atoms with E-state index in [1.54, 1.807) is 30.6 Å². The number of aromatic nitrogens is 2. The van der Waals surface area contributed by atoms with Crippen molar-refractivity contribution in [3.63, 3.8) is 0 Å². The molecule has 0 aliphatic carbocycles. The van der Waals surface area contributed by atoms with Gasteiger partial charge in [0.05, 0.1) is 12.8 Å². The lowest BCUT2D eigenvalue weighted by Gasteiger charge is -2.18. The van der Waals surface area contributed by atoms with Crippen LogP contribution in [-0.4, -0.2) is 34.9 Å². The third kappa shape index (κ3) is 3.85. The van der Waals surface area contributed by atoms with Crippen LogP contribution in [0.25, 0.3) is 10.7 Å². The largest absolute Gasteiger partial charge is 0.496 e. The molecule has 6 heteroatoms. The highest BCUT2D eigenvalue weighted by molar-refractivity contribution is 7.13. The number of aryl methyl sites for hydroxylation is 1. The van der Waals surface area contributed by atoms with E-state index in [1.807, 2.05) is 43.3 Å². The summed E-state index contributed by atoms with van der Waals surface area (Å²) in [6, 6.07) is 11.6. The van der Waals surface area contributed by atoms with E-state index in [4.69, 9.17) is 4.74 Å². The number of carbonyl (C=O) groups excluding carboxylic acids is 1. The summed E-state index contributed by atoms with van der Waals surface area (Å²) >= 11 is 1.42. The van der Waals surface area contributed by atoms with Gasteiger partial charge < -0.3 is 9.64 Å². The van der Waals surface area contributed by atoms with Crippen molar-refractivity contribution in [3.8, 4) is 16.5 Å². The summed E-state index contributed by atoms with van der Waals surface area (Å²) in [7, 11) is 3.40. The maximum atomic E-state index is 12.7. The van der Waals surface area contributed by atoms with E-state index in [1.165, 1.54) is 11.3 Å². The maximum Gasteiger partial charge on any atom is 0.273 e. The van der Waals surface area contributed by atoms with Crippen molar-refractivity contribution < 1.29 is 9.53 Å². The molecule has 1 aromatic carbocycles. The monoisotopic (exact) mass is 353 g/mol. The SMILES string of the molecule is COc1ccc(C)cc1CN(C)C(=O)c1csc(-c2ccccn2)n1.